The zero-order valence-corrected chi connectivity index (χ0v) is 9.60. The molecule has 84 valence electrons. The minimum atomic E-state index is 0.164. The molecule has 0 bridgehead atoms. The summed E-state index contributed by atoms with van der Waals surface area (Å²) in [7, 11) is 0. The van der Waals surface area contributed by atoms with Gasteiger partial charge in [0.1, 0.15) is 0 Å². The number of rotatable bonds is 4. The first-order valence-electron chi connectivity index (χ1n) is 5.49. The zero-order valence-electron chi connectivity index (χ0n) is 9.60. The van der Waals surface area contributed by atoms with E-state index in [9.17, 15) is 0 Å². The van der Waals surface area contributed by atoms with Gasteiger partial charge >= 0.3 is 0 Å². The van der Waals surface area contributed by atoms with Gasteiger partial charge < -0.3 is 9.73 Å². The molecule has 1 unspecified atom stereocenters. The molecule has 0 spiro atoms. The van der Waals surface area contributed by atoms with Gasteiger partial charge in [-0.25, -0.2) is 0 Å². The third kappa shape index (κ3) is 2.14. The van der Waals surface area contributed by atoms with Crippen molar-refractivity contribution >= 4 is 0 Å². The Morgan fingerprint density at radius 3 is 2.94 bits per heavy atom. The molecule has 0 saturated heterocycles. The molecule has 3 heteroatoms. The minimum Gasteiger partial charge on any atom is -0.472 e. The van der Waals surface area contributed by atoms with E-state index in [4.69, 9.17) is 4.42 Å². The predicted molar refractivity (Wildman–Crippen MR) is 63.2 cm³/mol. The van der Waals surface area contributed by atoms with Crippen LogP contribution in [-0.2, 0) is 0 Å². The highest BCUT2D eigenvalue weighted by molar-refractivity contribution is 5.33. The lowest BCUT2D eigenvalue weighted by Gasteiger charge is -2.18. The fraction of sp³-hybridized carbons (Fsp3) is 0.308. The molecule has 0 aliphatic rings. The van der Waals surface area contributed by atoms with Crippen molar-refractivity contribution in [2.75, 3.05) is 6.54 Å². The number of hydrogen-bond acceptors (Lipinski definition) is 3. The lowest BCUT2D eigenvalue weighted by atomic mass is 9.99. The van der Waals surface area contributed by atoms with Gasteiger partial charge in [0.05, 0.1) is 18.6 Å². The lowest BCUT2D eigenvalue weighted by molar-refractivity contribution is 0.552. The van der Waals surface area contributed by atoms with Gasteiger partial charge in [0, 0.05) is 18.0 Å². The Kier molecular flexibility index (Phi) is 3.37. The fourth-order valence-corrected chi connectivity index (χ4v) is 1.83. The first-order chi connectivity index (χ1) is 7.83. The standard InChI is InChI=1S/C13H16N2O/c1-3-15-13(11-5-7-16-9-11)12-8-14-6-4-10(12)2/h4-9,13,15H,3H2,1-2H3. The molecule has 0 aliphatic carbocycles. The Bertz CT molecular complexity index is 437. The van der Waals surface area contributed by atoms with Crippen molar-refractivity contribution in [2.45, 2.75) is 19.9 Å². The predicted octanol–water partition coefficient (Wildman–Crippen LogP) is 2.68. The van der Waals surface area contributed by atoms with E-state index in [0.717, 1.165) is 12.1 Å². The molecule has 0 saturated carbocycles. The maximum atomic E-state index is 5.14. The largest absolute Gasteiger partial charge is 0.472 e. The highest BCUT2D eigenvalue weighted by Gasteiger charge is 2.15. The fourth-order valence-electron chi connectivity index (χ4n) is 1.83. The molecule has 0 amide bonds. The number of nitrogens with one attached hydrogen (secondary N) is 1. The lowest BCUT2D eigenvalue weighted by Crippen LogP contribution is -2.22. The quantitative estimate of drug-likeness (QED) is 0.853. The van der Waals surface area contributed by atoms with Gasteiger partial charge in [-0.2, -0.15) is 0 Å². The molecule has 1 N–H and O–H groups in total. The summed E-state index contributed by atoms with van der Waals surface area (Å²) >= 11 is 0. The van der Waals surface area contributed by atoms with Crippen molar-refractivity contribution in [3.05, 3.63) is 53.7 Å². The van der Waals surface area contributed by atoms with E-state index >= 15 is 0 Å². The number of nitrogens with zero attached hydrogens (tertiary/aromatic N) is 1. The summed E-state index contributed by atoms with van der Waals surface area (Å²) < 4.78 is 5.14. The molecular weight excluding hydrogens is 200 g/mol. The summed E-state index contributed by atoms with van der Waals surface area (Å²) in [5.41, 5.74) is 3.57. The van der Waals surface area contributed by atoms with E-state index in [-0.39, 0.29) is 6.04 Å². The van der Waals surface area contributed by atoms with E-state index < -0.39 is 0 Å². The first-order valence-corrected chi connectivity index (χ1v) is 5.49. The Morgan fingerprint density at radius 2 is 2.31 bits per heavy atom. The average Bonchev–Trinajstić information content (AvgIpc) is 2.80. The zero-order chi connectivity index (χ0) is 11.4. The van der Waals surface area contributed by atoms with Gasteiger partial charge in [0.2, 0.25) is 0 Å². The Morgan fingerprint density at radius 1 is 1.44 bits per heavy atom. The smallest absolute Gasteiger partial charge is 0.0953 e. The molecule has 16 heavy (non-hydrogen) atoms. The first kappa shape index (κ1) is 10.9. The summed E-state index contributed by atoms with van der Waals surface area (Å²) in [4.78, 5) is 4.19. The van der Waals surface area contributed by atoms with Crippen LogP contribution in [0.4, 0.5) is 0 Å². The highest BCUT2D eigenvalue weighted by atomic mass is 16.3. The van der Waals surface area contributed by atoms with Gasteiger partial charge in [0.25, 0.3) is 0 Å². The van der Waals surface area contributed by atoms with Crippen molar-refractivity contribution in [1.29, 1.82) is 0 Å². The number of pyridine rings is 1. The summed E-state index contributed by atoms with van der Waals surface area (Å²) in [6, 6.07) is 4.18. The molecule has 0 aliphatic heterocycles. The summed E-state index contributed by atoms with van der Waals surface area (Å²) in [6.45, 7) is 5.10. The molecule has 1 atom stereocenters. The van der Waals surface area contributed by atoms with Crippen LogP contribution in [0.2, 0.25) is 0 Å². The van der Waals surface area contributed by atoms with Gasteiger partial charge in [-0.1, -0.05) is 6.92 Å². The van der Waals surface area contributed by atoms with Gasteiger partial charge in [-0.15, -0.1) is 0 Å². The molecule has 2 rings (SSSR count). The van der Waals surface area contributed by atoms with Crippen molar-refractivity contribution in [3.63, 3.8) is 0 Å². The Labute approximate surface area is 95.5 Å². The number of furan rings is 1. The molecular formula is C13H16N2O. The normalized spacial score (nSPS) is 12.6. The summed E-state index contributed by atoms with van der Waals surface area (Å²) in [6.07, 6.45) is 7.21. The topological polar surface area (TPSA) is 38.1 Å². The number of aryl methyl sites for hydroxylation is 1. The third-order valence-electron chi connectivity index (χ3n) is 2.68. The van der Waals surface area contributed by atoms with Crippen LogP contribution in [0, 0.1) is 6.92 Å². The Hall–Kier alpha value is -1.61. The number of aromatic nitrogens is 1. The second kappa shape index (κ2) is 4.94. The van der Waals surface area contributed by atoms with Crippen LogP contribution in [0.3, 0.4) is 0 Å². The van der Waals surface area contributed by atoms with Gasteiger partial charge in [-0.3, -0.25) is 4.98 Å². The summed E-state index contributed by atoms with van der Waals surface area (Å²) in [5, 5.41) is 3.44. The van der Waals surface area contributed by atoms with Crippen LogP contribution in [-0.4, -0.2) is 11.5 Å². The molecule has 0 radical (unpaired) electrons. The van der Waals surface area contributed by atoms with E-state index in [1.165, 1.54) is 11.1 Å². The second-order valence-electron chi connectivity index (χ2n) is 3.78. The molecule has 3 nitrogen and oxygen atoms in total. The average molecular weight is 216 g/mol. The highest BCUT2D eigenvalue weighted by Crippen LogP contribution is 2.24. The van der Waals surface area contributed by atoms with Crippen molar-refractivity contribution in [2.24, 2.45) is 0 Å². The second-order valence-corrected chi connectivity index (χ2v) is 3.78. The van der Waals surface area contributed by atoms with Crippen molar-refractivity contribution < 1.29 is 4.42 Å². The van der Waals surface area contributed by atoms with Crippen LogP contribution in [0.5, 0.6) is 0 Å². The van der Waals surface area contributed by atoms with Crippen LogP contribution >= 0.6 is 0 Å². The maximum absolute atomic E-state index is 5.14. The van der Waals surface area contributed by atoms with Crippen molar-refractivity contribution in [1.82, 2.24) is 10.3 Å². The van der Waals surface area contributed by atoms with Crippen LogP contribution in [0.25, 0.3) is 0 Å². The molecule has 2 heterocycles. The maximum Gasteiger partial charge on any atom is 0.0953 e. The Balaban J connectivity index is 2.37. The van der Waals surface area contributed by atoms with Crippen LogP contribution in [0.15, 0.2) is 41.5 Å². The molecule has 0 fully saturated rings. The van der Waals surface area contributed by atoms with Gasteiger partial charge in [0.15, 0.2) is 0 Å². The summed E-state index contributed by atoms with van der Waals surface area (Å²) in [5.74, 6) is 0. The SMILES string of the molecule is CCNC(c1ccoc1)c1cnccc1C. The monoisotopic (exact) mass is 216 g/mol. The molecule has 0 aromatic carbocycles. The molecule has 2 aromatic rings. The van der Waals surface area contributed by atoms with Crippen LogP contribution < -0.4 is 5.32 Å². The van der Waals surface area contributed by atoms with E-state index in [1.54, 1.807) is 12.5 Å². The van der Waals surface area contributed by atoms with Gasteiger partial charge in [-0.05, 0) is 36.7 Å². The van der Waals surface area contributed by atoms with E-state index in [1.807, 2.05) is 24.5 Å². The van der Waals surface area contributed by atoms with E-state index in [0.29, 0.717) is 0 Å². The third-order valence-corrected chi connectivity index (χ3v) is 2.68. The van der Waals surface area contributed by atoms with Crippen LogP contribution in [0.1, 0.15) is 29.7 Å². The minimum absolute atomic E-state index is 0.164. The van der Waals surface area contributed by atoms with Crippen molar-refractivity contribution in [3.8, 4) is 0 Å². The molecule has 2 aromatic heterocycles. The number of hydrogen-bond donors (Lipinski definition) is 1. The van der Waals surface area contributed by atoms with E-state index in [2.05, 4.69) is 24.1 Å².